The average Bonchev–Trinajstić information content (AvgIpc) is 3.09. The fraction of sp³-hybridized carbons (Fsp3) is 0.306. The Bertz CT molecular complexity index is 1620. The first-order valence-corrected chi connectivity index (χ1v) is 15.3. The summed E-state index contributed by atoms with van der Waals surface area (Å²) in [6.07, 6.45) is -6.86. The van der Waals surface area contributed by atoms with E-state index in [0.29, 0.717) is 23.4 Å². The summed E-state index contributed by atoms with van der Waals surface area (Å²) < 4.78 is 32.6. The fourth-order valence-corrected chi connectivity index (χ4v) is 5.77. The van der Waals surface area contributed by atoms with E-state index in [-0.39, 0.29) is 25.0 Å². The zero-order valence-electron chi connectivity index (χ0n) is 25.3. The lowest BCUT2D eigenvalue weighted by molar-refractivity contribution is -0.131. The summed E-state index contributed by atoms with van der Waals surface area (Å²) in [7, 11) is 0. The summed E-state index contributed by atoms with van der Waals surface area (Å²) >= 11 is 0. The predicted molar refractivity (Wildman–Crippen MR) is 169 cm³/mol. The molecule has 0 spiro atoms. The largest absolute Gasteiger partial charge is 0.491 e. The zero-order chi connectivity index (χ0) is 33.7. The topological polar surface area (TPSA) is 151 Å². The lowest BCUT2D eigenvalue weighted by Gasteiger charge is -2.48. The highest BCUT2D eigenvalue weighted by molar-refractivity contribution is 6.03. The second-order valence-electron chi connectivity index (χ2n) is 11.6. The van der Waals surface area contributed by atoms with E-state index in [1.807, 2.05) is 30.3 Å². The van der Waals surface area contributed by atoms with Gasteiger partial charge >= 0.3 is 0 Å². The summed E-state index contributed by atoms with van der Waals surface area (Å²) in [6.45, 7) is -1.17. The molecule has 1 fully saturated rings. The second kappa shape index (κ2) is 15.1. The van der Waals surface area contributed by atoms with Crippen LogP contribution in [0.5, 0.6) is 5.75 Å². The van der Waals surface area contributed by atoms with Crippen LogP contribution in [0.4, 0.5) is 14.5 Å². The summed E-state index contributed by atoms with van der Waals surface area (Å²) in [6, 6.07) is 25.5. The Morgan fingerprint density at radius 2 is 1.36 bits per heavy atom. The number of carbonyl (C=O) groups is 1. The molecule has 0 aromatic heterocycles. The van der Waals surface area contributed by atoms with Gasteiger partial charge in [0.15, 0.2) is 0 Å². The maximum Gasteiger partial charge on any atom is 0.233 e. The van der Waals surface area contributed by atoms with Crippen molar-refractivity contribution in [2.24, 2.45) is 5.92 Å². The summed E-state index contributed by atoms with van der Waals surface area (Å²) in [5.74, 6) is -1.04. The zero-order valence-corrected chi connectivity index (χ0v) is 25.3. The Morgan fingerprint density at radius 1 is 0.745 bits per heavy atom. The molecule has 4 aromatic carbocycles. The van der Waals surface area contributed by atoms with Crippen molar-refractivity contribution in [2.45, 2.75) is 49.4 Å². The Balaban J connectivity index is 1.30. The molecule has 0 aliphatic carbocycles. The highest BCUT2D eigenvalue weighted by Crippen LogP contribution is 2.46. The van der Waals surface area contributed by atoms with E-state index in [9.17, 15) is 39.1 Å². The van der Waals surface area contributed by atoms with E-state index in [1.165, 1.54) is 36.4 Å². The standard InChI is InChI=1S/C36H37F2NO8/c37-25-10-8-22(9-11-25)30(41)17-16-29-33(39(36(29)46)27-14-12-26(38)13-15-27)23-6-4-21(5-7-23)24-2-1-3-28(18-24)47-20-32(43)35(45)34(44)31(42)19-40/h1-15,18,29-35,40-45H,16-17,19-20H2/t29?,30-,31-,32+,33?,34+,35+/m0/s1. The first-order valence-electron chi connectivity index (χ1n) is 15.3. The van der Waals surface area contributed by atoms with Crippen molar-refractivity contribution in [3.05, 3.63) is 120 Å². The van der Waals surface area contributed by atoms with Gasteiger partial charge in [0.05, 0.1) is 24.7 Å². The van der Waals surface area contributed by atoms with E-state index in [4.69, 9.17) is 9.84 Å². The second-order valence-corrected chi connectivity index (χ2v) is 11.6. The number of benzene rings is 4. The number of hydrogen-bond donors (Lipinski definition) is 6. The third-order valence-electron chi connectivity index (χ3n) is 8.49. The molecule has 5 rings (SSSR count). The Kier molecular flexibility index (Phi) is 11.0. The van der Waals surface area contributed by atoms with Crippen molar-refractivity contribution in [3.8, 4) is 16.9 Å². The van der Waals surface area contributed by atoms with Crippen LogP contribution in [-0.4, -0.2) is 74.2 Å². The molecule has 4 aromatic rings. The van der Waals surface area contributed by atoms with Crippen molar-refractivity contribution in [1.29, 1.82) is 0 Å². The van der Waals surface area contributed by atoms with Gasteiger partial charge in [-0.1, -0.05) is 48.5 Å². The van der Waals surface area contributed by atoms with Crippen LogP contribution >= 0.6 is 0 Å². The Hall–Kier alpha value is -4.23. The Labute approximate surface area is 270 Å². The van der Waals surface area contributed by atoms with E-state index in [2.05, 4.69) is 0 Å². The number of carbonyl (C=O) groups excluding carboxylic acids is 1. The van der Waals surface area contributed by atoms with Gasteiger partial charge in [0.2, 0.25) is 5.91 Å². The normalized spacial score (nSPS) is 19.4. The van der Waals surface area contributed by atoms with E-state index >= 15 is 0 Å². The van der Waals surface area contributed by atoms with E-state index < -0.39 is 54.7 Å². The molecule has 1 aliphatic rings. The van der Waals surface area contributed by atoms with Crippen LogP contribution in [0.3, 0.4) is 0 Å². The predicted octanol–water partition coefficient (Wildman–Crippen LogP) is 3.66. The number of aliphatic hydroxyl groups is 6. The minimum Gasteiger partial charge on any atom is -0.491 e. The molecular weight excluding hydrogens is 612 g/mol. The van der Waals surface area contributed by atoms with Gasteiger partial charge in [-0.2, -0.15) is 0 Å². The highest BCUT2D eigenvalue weighted by atomic mass is 19.1. The van der Waals surface area contributed by atoms with Crippen molar-refractivity contribution in [3.63, 3.8) is 0 Å². The monoisotopic (exact) mass is 649 g/mol. The molecule has 47 heavy (non-hydrogen) atoms. The van der Waals surface area contributed by atoms with Crippen molar-refractivity contribution in [1.82, 2.24) is 0 Å². The van der Waals surface area contributed by atoms with Gasteiger partial charge in [0, 0.05) is 5.69 Å². The highest BCUT2D eigenvalue weighted by Gasteiger charge is 2.48. The number of rotatable bonds is 14. The molecule has 0 radical (unpaired) electrons. The first-order chi connectivity index (χ1) is 22.6. The fourth-order valence-electron chi connectivity index (χ4n) is 5.77. The third kappa shape index (κ3) is 7.84. The molecule has 0 bridgehead atoms. The number of aliphatic hydroxyl groups excluding tert-OH is 6. The van der Waals surface area contributed by atoms with Gasteiger partial charge in [-0.15, -0.1) is 0 Å². The summed E-state index contributed by atoms with van der Waals surface area (Å²) in [5.41, 5.74) is 3.55. The molecule has 248 valence electrons. The maximum absolute atomic E-state index is 13.7. The molecule has 2 unspecified atom stereocenters. The molecule has 1 heterocycles. The van der Waals surface area contributed by atoms with Gasteiger partial charge < -0.3 is 40.3 Å². The van der Waals surface area contributed by atoms with Gasteiger partial charge in [0.1, 0.15) is 48.4 Å². The van der Waals surface area contributed by atoms with Crippen LogP contribution in [0, 0.1) is 17.6 Å². The molecule has 1 saturated heterocycles. The summed E-state index contributed by atoms with van der Waals surface area (Å²) in [4.78, 5) is 15.0. The number of nitrogens with zero attached hydrogens (tertiary/aromatic N) is 1. The number of anilines is 1. The SMILES string of the molecule is O=C1C(CC[C@H](O)c2ccc(F)cc2)C(c2ccc(-c3cccc(OC[C@@H](O)[C@@H](O)[C@H](O)[C@@H](O)CO)c3)cc2)N1c1ccc(F)cc1. The van der Waals surface area contributed by atoms with Crippen molar-refractivity contribution < 1.29 is 49.0 Å². The maximum atomic E-state index is 13.7. The number of amides is 1. The van der Waals surface area contributed by atoms with Crippen LogP contribution in [0.25, 0.3) is 11.1 Å². The van der Waals surface area contributed by atoms with Crippen molar-refractivity contribution >= 4 is 11.6 Å². The van der Waals surface area contributed by atoms with E-state index in [0.717, 1.165) is 16.7 Å². The Morgan fingerprint density at radius 3 is 2.00 bits per heavy atom. The third-order valence-corrected chi connectivity index (χ3v) is 8.49. The lowest BCUT2D eigenvalue weighted by Crippen LogP contribution is -2.55. The molecule has 1 aliphatic heterocycles. The number of β-lactam (4-membered cyclic amide) rings is 1. The van der Waals surface area contributed by atoms with Crippen LogP contribution < -0.4 is 9.64 Å². The van der Waals surface area contributed by atoms with Crippen LogP contribution in [0.15, 0.2) is 97.1 Å². The lowest BCUT2D eigenvalue weighted by atomic mass is 9.78. The number of ether oxygens (including phenoxy) is 1. The molecule has 1 amide bonds. The van der Waals surface area contributed by atoms with E-state index in [1.54, 1.807) is 35.2 Å². The van der Waals surface area contributed by atoms with Crippen LogP contribution in [0.2, 0.25) is 0 Å². The van der Waals surface area contributed by atoms with Gasteiger partial charge in [-0.25, -0.2) is 8.78 Å². The molecule has 9 nitrogen and oxygen atoms in total. The number of halogens is 2. The summed E-state index contributed by atoms with van der Waals surface area (Å²) in [5, 5.41) is 59.2. The van der Waals surface area contributed by atoms with Crippen molar-refractivity contribution in [2.75, 3.05) is 18.1 Å². The molecule has 6 N–H and O–H groups in total. The van der Waals surface area contributed by atoms with Gasteiger partial charge in [-0.3, -0.25) is 4.79 Å². The molecule has 0 saturated carbocycles. The minimum atomic E-state index is -1.76. The smallest absolute Gasteiger partial charge is 0.233 e. The molecule has 11 heteroatoms. The number of hydrogen-bond acceptors (Lipinski definition) is 8. The van der Waals surface area contributed by atoms with Gasteiger partial charge in [0.25, 0.3) is 0 Å². The molecule has 7 atom stereocenters. The van der Waals surface area contributed by atoms with Gasteiger partial charge in [-0.05, 0) is 83.6 Å². The van der Waals surface area contributed by atoms with Crippen LogP contribution in [0.1, 0.15) is 36.1 Å². The first kappa shape index (κ1) is 34.1. The average molecular weight is 650 g/mol. The minimum absolute atomic E-state index is 0.146. The van der Waals surface area contributed by atoms with Crippen LogP contribution in [-0.2, 0) is 4.79 Å². The quantitative estimate of drug-likeness (QED) is 0.113. The molecular formula is C36H37F2NO8.